The number of carbonyl (C=O) groups is 1. The van der Waals surface area contributed by atoms with E-state index in [1.807, 2.05) is 18.2 Å². The number of urea groups is 1. The number of nitrogens with zero attached hydrogens (tertiary/aromatic N) is 3. The number of ether oxygens (including phenoxy) is 1. The van der Waals surface area contributed by atoms with Gasteiger partial charge in [0.25, 0.3) is 0 Å². The van der Waals surface area contributed by atoms with E-state index in [9.17, 15) is 4.79 Å². The zero-order chi connectivity index (χ0) is 19.8. The molecule has 1 N–H and O–H groups in total. The highest BCUT2D eigenvalue weighted by Crippen LogP contribution is 2.25. The third-order valence-electron chi connectivity index (χ3n) is 4.54. The summed E-state index contributed by atoms with van der Waals surface area (Å²) >= 11 is 12.2. The summed E-state index contributed by atoms with van der Waals surface area (Å²) < 4.78 is 5.38. The van der Waals surface area contributed by atoms with Crippen molar-refractivity contribution in [2.24, 2.45) is 0 Å². The van der Waals surface area contributed by atoms with E-state index in [4.69, 9.17) is 27.9 Å². The Labute approximate surface area is 175 Å². The largest absolute Gasteiger partial charge is 0.379 e. The average Bonchev–Trinajstić information content (AvgIpc) is 2.71. The van der Waals surface area contributed by atoms with Gasteiger partial charge in [-0.2, -0.15) is 0 Å². The Hall–Kier alpha value is -1.86. The molecule has 2 aromatic rings. The fourth-order valence-electron chi connectivity index (χ4n) is 3.04. The average molecular weight is 423 g/mol. The van der Waals surface area contributed by atoms with Crippen molar-refractivity contribution in [2.75, 3.05) is 44.7 Å². The second kappa shape index (κ2) is 10.6. The molecule has 28 heavy (non-hydrogen) atoms. The maximum atomic E-state index is 12.9. The first-order valence-corrected chi connectivity index (χ1v) is 10.1. The van der Waals surface area contributed by atoms with E-state index in [1.54, 1.807) is 29.3 Å². The molecule has 150 valence electrons. The molecule has 0 radical (unpaired) electrons. The molecule has 1 aromatic heterocycles. The third-order valence-corrected chi connectivity index (χ3v) is 5.11. The molecule has 8 heteroatoms. The fourth-order valence-corrected chi connectivity index (χ4v) is 3.37. The summed E-state index contributed by atoms with van der Waals surface area (Å²) in [6.45, 7) is 5.37. The van der Waals surface area contributed by atoms with Crippen LogP contribution in [0.5, 0.6) is 0 Å². The highest BCUT2D eigenvalue weighted by atomic mass is 35.5. The van der Waals surface area contributed by atoms with Crippen LogP contribution in [-0.2, 0) is 11.3 Å². The number of aromatic nitrogens is 1. The van der Waals surface area contributed by atoms with Crippen molar-refractivity contribution in [3.05, 3.63) is 58.3 Å². The van der Waals surface area contributed by atoms with Gasteiger partial charge in [0.1, 0.15) is 0 Å². The molecule has 2 amide bonds. The van der Waals surface area contributed by atoms with Crippen LogP contribution < -0.4 is 5.32 Å². The summed E-state index contributed by atoms with van der Waals surface area (Å²) in [7, 11) is 0. The van der Waals surface area contributed by atoms with Gasteiger partial charge in [0, 0.05) is 37.4 Å². The third kappa shape index (κ3) is 6.34. The number of nitrogens with one attached hydrogen (secondary N) is 1. The maximum absolute atomic E-state index is 12.9. The Kier molecular flexibility index (Phi) is 7.91. The molecular weight excluding hydrogens is 399 g/mol. The van der Waals surface area contributed by atoms with Gasteiger partial charge < -0.3 is 15.0 Å². The predicted molar refractivity (Wildman–Crippen MR) is 112 cm³/mol. The summed E-state index contributed by atoms with van der Waals surface area (Å²) in [6, 6.07) is 10.5. The van der Waals surface area contributed by atoms with Gasteiger partial charge in [-0.25, -0.2) is 4.79 Å². The molecule has 0 aliphatic carbocycles. The predicted octanol–water partition coefficient (Wildman–Crippen LogP) is 4.14. The minimum atomic E-state index is -0.225. The SMILES string of the molecule is O=C(Nc1cc(Cl)ccc1Cl)N(CCCN1CCOCC1)Cc1ccccn1. The molecule has 1 fully saturated rings. The lowest BCUT2D eigenvalue weighted by Gasteiger charge is -2.28. The van der Waals surface area contributed by atoms with Crippen LogP contribution >= 0.6 is 23.2 Å². The number of halogens is 2. The number of morpholine rings is 1. The van der Waals surface area contributed by atoms with Crippen LogP contribution in [0.15, 0.2) is 42.6 Å². The zero-order valence-electron chi connectivity index (χ0n) is 15.6. The van der Waals surface area contributed by atoms with Crippen LogP contribution in [0.3, 0.4) is 0 Å². The Morgan fingerprint density at radius 2 is 2.04 bits per heavy atom. The molecule has 1 aliphatic rings. The van der Waals surface area contributed by atoms with Crippen LogP contribution in [0.4, 0.5) is 10.5 Å². The number of pyridine rings is 1. The number of amides is 2. The highest BCUT2D eigenvalue weighted by Gasteiger charge is 2.17. The fraction of sp³-hybridized carbons (Fsp3) is 0.400. The number of benzene rings is 1. The summed E-state index contributed by atoms with van der Waals surface area (Å²) in [6.07, 6.45) is 2.59. The normalized spacial score (nSPS) is 14.6. The molecular formula is C20H24Cl2N4O2. The van der Waals surface area contributed by atoms with Gasteiger partial charge in [0.2, 0.25) is 0 Å². The van der Waals surface area contributed by atoms with Gasteiger partial charge in [-0.3, -0.25) is 9.88 Å². The smallest absolute Gasteiger partial charge is 0.322 e. The first kappa shape index (κ1) is 20.9. The van der Waals surface area contributed by atoms with Gasteiger partial charge >= 0.3 is 6.03 Å². The molecule has 0 atom stereocenters. The molecule has 1 saturated heterocycles. The summed E-state index contributed by atoms with van der Waals surface area (Å²) in [5, 5.41) is 3.83. The van der Waals surface area contributed by atoms with E-state index in [0.717, 1.165) is 45.0 Å². The minimum Gasteiger partial charge on any atom is -0.379 e. The van der Waals surface area contributed by atoms with E-state index in [0.29, 0.717) is 28.8 Å². The number of rotatable bonds is 7. The second-order valence-electron chi connectivity index (χ2n) is 6.60. The maximum Gasteiger partial charge on any atom is 0.322 e. The molecule has 0 unspecified atom stereocenters. The van der Waals surface area contributed by atoms with Crippen molar-refractivity contribution in [3.8, 4) is 0 Å². The Morgan fingerprint density at radius 1 is 1.21 bits per heavy atom. The summed E-state index contributed by atoms with van der Waals surface area (Å²) in [4.78, 5) is 21.4. The van der Waals surface area contributed by atoms with Crippen LogP contribution in [0, 0.1) is 0 Å². The Balaban J connectivity index is 1.63. The first-order chi connectivity index (χ1) is 13.6. The molecule has 0 saturated carbocycles. The van der Waals surface area contributed by atoms with Gasteiger partial charge in [0.15, 0.2) is 0 Å². The molecule has 1 aliphatic heterocycles. The monoisotopic (exact) mass is 422 g/mol. The molecule has 3 rings (SSSR count). The van der Waals surface area contributed by atoms with Crippen molar-refractivity contribution in [2.45, 2.75) is 13.0 Å². The van der Waals surface area contributed by atoms with Crippen LogP contribution in [0.1, 0.15) is 12.1 Å². The number of hydrogen-bond donors (Lipinski definition) is 1. The highest BCUT2D eigenvalue weighted by molar-refractivity contribution is 6.35. The lowest BCUT2D eigenvalue weighted by atomic mass is 10.3. The van der Waals surface area contributed by atoms with E-state index in [2.05, 4.69) is 15.2 Å². The summed E-state index contributed by atoms with van der Waals surface area (Å²) in [5.41, 5.74) is 1.33. The quantitative estimate of drug-likeness (QED) is 0.727. The van der Waals surface area contributed by atoms with E-state index >= 15 is 0 Å². The second-order valence-corrected chi connectivity index (χ2v) is 7.45. The van der Waals surface area contributed by atoms with Crippen molar-refractivity contribution in [1.29, 1.82) is 0 Å². The van der Waals surface area contributed by atoms with Gasteiger partial charge in [0.05, 0.1) is 36.2 Å². The van der Waals surface area contributed by atoms with E-state index in [1.165, 1.54) is 0 Å². The van der Waals surface area contributed by atoms with Crippen LogP contribution in [0.25, 0.3) is 0 Å². The van der Waals surface area contributed by atoms with Crippen molar-refractivity contribution in [3.63, 3.8) is 0 Å². The zero-order valence-corrected chi connectivity index (χ0v) is 17.1. The molecule has 2 heterocycles. The van der Waals surface area contributed by atoms with Gasteiger partial charge in [-0.1, -0.05) is 29.3 Å². The number of hydrogen-bond acceptors (Lipinski definition) is 4. The number of carbonyl (C=O) groups excluding carboxylic acids is 1. The van der Waals surface area contributed by atoms with Crippen molar-refractivity contribution in [1.82, 2.24) is 14.8 Å². The van der Waals surface area contributed by atoms with Crippen molar-refractivity contribution < 1.29 is 9.53 Å². The van der Waals surface area contributed by atoms with Gasteiger partial charge in [-0.15, -0.1) is 0 Å². The standard InChI is InChI=1S/C20H24Cl2N4O2/c21-16-5-6-18(22)19(14-16)24-20(27)26(15-17-4-1-2-7-23-17)9-3-8-25-10-12-28-13-11-25/h1-2,4-7,14H,3,8-13,15H2,(H,24,27). The molecule has 1 aromatic carbocycles. The lowest BCUT2D eigenvalue weighted by molar-refractivity contribution is 0.0365. The summed E-state index contributed by atoms with van der Waals surface area (Å²) in [5.74, 6) is 0. The first-order valence-electron chi connectivity index (χ1n) is 9.33. The van der Waals surface area contributed by atoms with Gasteiger partial charge in [-0.05, 0) is 36.8 Å². The van der Waals surface area contributed by atoms with Crippen LogP contribution in [-0.4, -0.2) is 60.2 Å². The molecule has 6 nitrogen and oxygen atoms in total. The molecule has 0 bridgehead atoms. The number of anilines is 1. The minimum absolute atomic E-state index is 0.225. The van der Waals surface area contributed by atoms with E-state index in [-0.39, 0.29) is 6.03 Å². The molecule has 0 spiro atoms. The Morgan fingerprint density at radius 3 is 2.79 bits per heavy atom. The van der Waals surface area contributed by atoms with Crippen molar-refractivity contribution >= 4 is 34.9 Å². The van der Waals surface area contributed by atoms with E-state index < -0.39 is 0 Å². The Bertz CT molecular complexity index is 770. The topological polar surface area (TPSA) is 57.7 Å². The lowest BCUT2D eigenvalue weighted by Crippen LogP contribution is -2.40. The van der Waals surface area contributed by atoms with Crippen LogP contribution in [0.2, 0.25) is 10.0 Å².